The highest BCUT2D eigenvalue weighted by molar-refractivity contribution is 9.10. The quantitative estimate of drug-likeness (QED) is 0.608. The van der Waals surface area contributed by atoms with Crippen molar-refractivity contribution in [2.75, 3.05) is 18.7 Å². The summed E-state index contributed by atoms with van der Waals surface area (Å²) in [7, 11) is 0. The summed E-state index contributed by atoms with van der Waals surface area (Å²) in [5.74, 6) is 0.959. The molecule has 6 heteroatoms. The molecule has 1 heterocycles. The van der Waals surface area contributed by atoms with E-state index in [1.54, 1.807) is 30.3 Å². The Morgan fingerprint density at radius 1 is 1.20 bits per heavy atom. The topological polar surface area (TPSA) is 64.6 Å². The molecule has 0 spiro atoms. The number of hydrogen-bond donors (Lipinski definition) is 1. The Hall–Kier alpha value is -2.60. The fourth-order valence-corrected chi connectivity index (χ4v) is 2.79. The lowest BCUT2D eigenvalue weighted by molar-refractivity contribution is 0.104. The molecule has 128 valence electrons. The standard InChI is InChI=1S/C19H16BrNO4/c1-2-21-15-6-5-13(20)10-14(19(15)23)16(22)7-3-12-4-8-17-18(9-12)25-11-24-17/h3-10H,2,11H2,1H3,(H,21,23). The molecule has 0 unspecified atom stereocenters. The number of ketones is 1. The van der Waals surface area contributed by atoms with E-state index in [2.05, 4.69) is 21.2 Å². The molecule has 1 aliphatic heterocycles. The zero-order valence-corrected chi connectivity index (χ0v) is 15.1. The number of carbonyl (C=O) groups excluding carboxylic acids is 1. The summed E-state index contributed by atoms with van der Waals surface area (Å²) in [6, 6.07) is 10.3. The van der Waals surface area contributed by atoms with Gasteiger partial charge < -0.3 is 14.8 Å². The van der Waals surface area contributed by atoms with Gasteiger partial charge in [-0.05, 0) is 48.9 Å². The first-order valence-corrected chi connectivity index (χ1v) is 8.57. The monoisotopic (exact) mass is 401 g/mol. The third-order valence-corrected chi connectivity index (χ3v) is 4.13. The van der Waals surface area contributed by atoms with E-state index in [4.69, 9.17) is 9.47 Å². The third kappa shape index (κ3) is 3.91. The van der Waals surface area contributed by atoms with E-state index in [0.717, 1.165) is 5.56 Å². The van der Waals surface area contributed by atoms with Crippen molar-refractivity contribution in [3.63, 3.8) is 0 Å². The molecule has 1 N–H and O–H groups in total. The first kappa shape index (κ1) is 17.2. The Balaban J connectivity index is 1.91. The van der Waals surface area contributed by atoms with Crippen LogP contribution in [-0.4, -0.2) is 19.1 Å². The molecule has 0 atom stereocenters. The van der Waals surface area contributed by atoms with Gasteiger partial charge in [-0.3, -0.25) is 9.59 Å². The number of fused-ring (bicyclic) bond motifs is 1. The maximum atomic E-state index is 12.5. The summed E-state index contributed by atoms with van der Waals surface area (Å²) >= 11 is 3.34. The summed E-state index contributed by atoms with van der Waals surface area (Å²) in [6.07, 6.45) is 3.04. The number of ether oxygens (including phenoxy) is 2. The Kier molecular flexibility index (Phi) is 5.19. The molecule has 0 fully saturated rings. The fourth-order valence-electron chi connectivity index (χ4n) is 2.43. The zero-order valence-electron chi connectivity index (χ0n) is 13.5. The minimum Gasteiger partial charge on any atom is -0.454 e. The first-order chi connectivity index (χ1) is 12.1. The lowest BCUT2D eigenvalue weighted by Crippen LogP contribution is -2.15. The largest absolute Gasteiger partial charge is 0.454 e. The van der Waals surface area contributed by atoms with Gasteiger partial charge in [0.15, 0.2) is 17.3 Å². The Morgan fingerprint density at radius 2 is 2.00 bits per heavy atom. The minimum absolute atomic E-state index is 0.102. The summed E-state index contributed by atoms with van der Waals surface area (Å²) in [6.45, 7) is 2.68. The van der Waals surface area contributed by atoms with Crippen LogP contribution >= 0.6 is 15.9 Å². The molecular weight excluding hydrogens is 386 g/mol. The molecule has 25 heavy (non-hydrogen) atoms. The van der Waals surface area contributed by atoms with E-state index in [0.29, 0.717) is 28.2 Å². The lowest BCUT2D eigenvalue weighted by atomic mass is 10.1. The summed E-state index contributed by atoms with van der Waals surface area (Å²) in [4.78, 5) is 25.1. The molecule has 1 aliphatic rings. The van der Waals surface area contributed by atoms with Crippen LogP contribution < -0.4 is 20.2 Å². The van der Waals surface area contributed by atoms with Gasteiger partial charge in [0, 0.05) is 11.0 Å². The second-order valence-electron chi connectivity index (χ2n) is 5.36. The van der Waals surface area contributed by atoms with Crippen molar-refractivity contribution in [1.29, 1.82) is 0 Å². The van der Waals surface area contributed by atoms with Crippen LogP contribution in [0.4, 0.5) is 5.69 Å². The highest BCUT2D eigenvalue weighted by atomic mass is 79.9. The van der Waals surface area contributed by atoms with Crippen LogP contribution in [0.1, 0.15) is 22.8 Å². The van der Waals surface area contributed by atoms with Crippen molar-refractivity contribution in [1.82, 2.24) is 0 Å². The van der Waals surface area contributed by atoms with Gasteiger partial charge >= 0.3 is 0 Å². The summed E-state index contributed by atoms with van der Waals surface area (Å²) in [5, 5.41) is 2.98. The maximum absolute atomic E-state index is 12.5. The second kappa shape index (κ2) is 7.53. The molecule has 2 aromatic rings. The smallest absolute Gasteiger partial charge is 0.231 e. The van der Waals surface area contributed by atoms with E-state index < -0.39 is 0 Å². The first-order valence-electron chi connectivity index (χ1n) is 7.78. The Bertz CT molecular complexity index is 908. The molecule has 0 saturated heterocycles. The van der Waals surface area contributed by atoms with E-state index >= 15 is 0 Å². The predicted molar refractivity (Wildman–Crippen MR) is 101 cm³/mol. The number of rotatable bonds is 5. The van der Waals surface area contributed by atoms with Crippen LogP contribution in [0, 0.1) is 0 Å². The molecule has 5 nitrogen and oxygen atoms in total. The van der Waals surface area contributed by atoms with Crippen LogP contribution in [0.25, 0.3) is 6.08 Å². The number of hydrogen-bond acceptors (Lipinski definition) is 5. The molecule has 3 rings (SSSR count). The van der Waals surface area contributed by atoms with Crippen molar-refractivity contribution < 1.29 is 14.3 Å². The van der Waals surface area contributed by atoms with Gasteiger partial charge in [0.05, 0.1) is 11.3 Å². The van der Waals surface area contributed by atoms with Crippen molar-refractivity contribution >= 4 is 33.5 Å². The van der Waals surface area contributed by atoms with Crippen LogP contribution in [0.3, 0.4) is 0 Å². The predicted octanol–water partition coefficient (Wildman–Crippen LogP) is 3.87. The lowest BCUT2D eigenvalue weighted by Gasteiger charge is -1.99. The average Bonchev–Trinajstić information content (AvgIpc) is 3.03. The van der Waals surface area contributed by atoms with E-state index in [1.807, 2.05) is 13.0 Å². The number of benzene rings is 1. The van der Waals surface area contributed by atoms with Gasteiger partial charge in [0.2, 0.25) is 12.2 Å². The molecule has 0 amide bonds. The number of nitrogens with one attached hydrogen (secondary N) is 1. The highest BCUT2D eigenvalue weighted by Crippen LogP contribution is 2.32. The zero-order chi connectivity index (χ0) is 17.8. The fraction of sp³-hybridized carbons (Fsp3) is 0.158. The van der Waals surface area contributed by atoms with Gasteiger partial charge in [-0.1, -0.05) is 28.1 Å². The van der Waals surface area contributed by atoms with Gasteiger partial charge in [-0.25, -0.2) is 0 Å². The van der Waals surface area contributed by atoms with Crippen molar-refractivity contribution in [3.8, 4) is 11.5 Å². The Morgan fingerprint density at radius 3 is 2.80 bits per heavy atom. The number of carbonyl (C=O) groups is 1. The number of anilines is 1. The minimum atomic E-state index is -0.362. The van der Waals surface area contributed by atoms with E-state index in [1.165, 1.54) is 12.1 Å². The molecule has 0 bridgehead atoms. The number of halogens is 1. The second-order valence-corrected chi connectivity index (χ2v) is 6.28. The highest BCUT2D eigenvalue weighted by Gasteiger charge is 2.13. The summed E-state index contributed by atoms with van der Waals surface area (Å²) < 4.78 is 11.2. The molecule has 2 aromatic carbocycles. The van der Waals surface area contributed by atoms with E-state index in [9.17, 15) is 9.59 Å². The average molecular weight is 402 g/mol. The molecular formula is C19H16BrNO4. The van der Waals surface area contributed by atoms with Crippen LogP contribution in [0.5, 0.6) is 11.5 Å². The molecule has 0 aliphatic carbocycles. The normalized spacial score (nSPS) is 12.4. The summed E-state index contributed by atoms with van der Waals surface area (Å²) in [5.41, 5.74) is 0.960. The van der Waals surface area contributed by atoms with Crippen LogP contribution in [0.2, 0.25) is 0 Å². The van der Waals surface area contributed by atoms with Crippen molar-refractivity contribution in [2.24, 2.45) is 0 Å². The molecule has 0 radical (unpaired) electrons. The Labute approximate surface area is 153 Å². The van der Waals surface area contributed by atoms with Gasteiger partial charge in [-0.15, -0.1) is 0 Å². The maximum Gasteiger partial charge on any atom is 0.231 e. The van der Waals surface area contributed by atoms with Crippen molar-refractivity contribution in [3.05, 3.63) is 68.3 Å². The molecule has 0 aromatic heterocycles. The van der Waals surface area contributed by atoms with E-state index in [-0.39, 0.29) is 23.6 Å². The third-order valence-electron chi connectivity index (χ3n) is 3.64. The van der Waals surface area contributed by atoms with Gasteiger partial charge in [0.25, 0.3) is 0 Å². The van der Waals surface area contributed by atoms with Crippen LogP contribution in [0.15, 0.2) is 51.7 Å². The van der Waals surface area contributed by atoms with Crippen LogP contribution in [-0.2, 0) is 0 Å². The van der Waals surface area contributed by atoms with Gasteiger partial charge in [0.1, 0.15) is 0 Å². The van der Waals surface area contributed by atoms with Gasteiger partial charge in [-0.2, -0.15) is 0 Å². The number of allylic oxidation sites excluding steroid dienone is 1. The molecule has 0 saturated carbocycles. The van der Waals surface area contributed by atoms with Crippen molar-refractivity contribution in [2.45, 2.75) is 6.92 Å². The SMILES string of the molecule is CCNc1ccc(Br)cc(C(=O)C=Cc2ccc3c(c2)OCO3)c1=O.